The van der Waals surface area contributed by atoms with Gasteiger partial charge >= 0.3 is 0 Å². The van der Waals surface area contributed by atoms with Gasteiger partial charge in [-0.25, -0.2) is 4.39 Å². The molecule has 0 bridgehead atoms. The predicted octanol–water partition coefficient (Wildman–Crippen LogP) is 3.93. The Bertz CT molecular complexity index is 365. The summed E-state index contributed by atoms with van der Waals surface area (Å²) in [5.74, 6) is -0.147. The third-order valence-electron chi connectivity index (χ3n) is 3.19. The first kappa shape index (κ1) is 13.7. The monoisotopic (exact) mass is 288 g/mol. The molecule has 1 atom stereocenters. The highest BCUT2D eigenvalue weighted by molar-refractivity contribution is 9.10. The molecule has 1 N–H and O–H groups in total. The van der Waals surface area contributed by atoms with Gasteiger partial charge in [-0.1, -0.05) is 36.7 Å². The van der Waals surface area contributed by atoms with Crippen LogP contribution in [-0.2, 0) is 6.42 Å². The van der Waals surface area contributed by atoms with Gasteiger partial charge in [0.15, 0.2) is 0 Å². The summed E-state index contributed by atoms with van der Waals surface area (Å²) in [6.45, 7) is 5.84. The Balaban J connectivity index is 2.98. The second-order valence-electron chi connectivity index (χ2n) is 4.52. The van der Waals surface area contributed by atoms with Gasteiger partial charge in [0, 0.05) is 10.9 Å². The lowest BCUT2D eigenvalue weighted by atomic mass is 9.82. The Morgan fingerprint density at radius 1 is 1.44 bits per heavy atom. The summed E-state index contributed by atoms with van der Waals surface area (Å²) in [5.41, 5.74) is -0.269. The van der Waals surface area contributed by atoms with Crippen LogP contribution in [0, 0.1) is 11.7 Å². The van der Waals surface area contributed by atoms with E-state index in [9.17, 15) is 9.50 Å². The van der Waals surface area contributed by atoms with E-state index in [0.717, 1.165) is 4.47 Å². The van der Waals surface area contributed by atoms with Crippen LogP contribution < -0.4 is 0 Å². The van der Waals surface area contributed by atoms with Crippen molar-refractivity contribution in [3.8, 4) is 0 Å². The molecule has 0 amide bonds. The van der Waals surface area contributed by atoms with E-state index in [1.54, 1.807) is 12.1 Å². The van der Waals surface area contributed by atoms with Crippen molar-refractivity contribution in [3.05, 3.63) is 34.1 Å². The third-order valence-corrected chi connectivity index (χ3v) is 3.68. The summed E-state index contributed by atoms with van der Waals surface area (Å²) in [5, 5.41) is 10.4. The van der Waals surface area contributed by atoms with Gasteiger partial charge in [0.1, 0.15) is 5.82 Å². The molecular weight excluding hydrogens is 271 g/mol. The predicted molar refractivity (Wildman–Crippen MR) is 67.9 cm³/mol. The zero-order valence-corrected chi connectivity index (χ0v) is 11.5. The molecule has 1 rings (SSSR count). The van der Waals surface area contributed by atoms with Crippen molar-refractivity contribution >= 4 is 15.9 Å². The lowest BCUT2D eigenvalue weighted by Gasteiger charge is -2.31. The summed E-state index contributed by atoms with van der Waals surface area (Å²) in [6.07, 6.45) is 0.975. The fraction of sp³-hybridized carbons (Fsp3) is 0.538. The fourth-order valence-corrected chi connectivity index (χ4v) is 2.15. The first-order valence-corrected chi connectivity index (χ1v) is 6.34. The van der Waals surface area contributed by atoms with Crippen LogP contribution in [0.5, 0.6) is 0 Å². The Morgan fingerprint density at radius 3 is 2.56 bits per heavy atom. The molecule has 16 heavy (non-hydrogen) atoms. The number of rotatable bonds is 4. The molecule has 0 radical (unpaired) electrons. The maximum absolute atomic E-state index is 13.6. The summed E-state index contributed by atoms with van der Waals surface area (Å²) in [7, 11) is 0. The van der Waals surface area contributed by atoms with Crippen LogP contribution in [-0.4, -0.2) is 10.7 Å². The zero-order valence-electron chi connectivity index (χ0n) is 9.93. The molecule has 0 spiro atoms. The maximum atomic E-state index is 13.6. The van der Waals surface area contributed by atoms with Crippen molar-refractivity contribution in [1.29, 1.82) is 0 Å². The molecule has 3 heteroatoms. The van der Waals surface area contributed by atoms with Crippen molar-refractivity contribution in [2.45, 2.75) is 39.2 Å². The van der Waals surface area contributed by atoms with Gasteiger partial charge in [0.05, 0.1) is 5.60 Å². The molecule has 0 aliphatic heterocycles. The van der Waals surface area contributed by atoms with Crippen LogP contribution in [0.4, 0.5) is 4.39 Å². The van der Waals surface area contributed by atoms with Crippen LogP contribution in [0.3, 0.4) is 0 Å². The Labute approximate surface area is 105 Å². The minimum absolute atomic E-state index is 0.107. The lowest BCUT2D eigenvalue weighted by Crippen LogP contribution is -2.36. The molecule has 1 unspecified atom stereocenters. The Kier molecular flexibility index (Phi) is 4.51. The van der Waals surface area contributed by atoms with E-state index in [4.69, 9.17) is 0 Å². The molecule has 1 aromatic rings. The molecular formula is C13H18BrFO. The first-order chi connectivity index (χ1) is 7.39. The van der Waals surface area contributed by atoms with Gasteiger partial charge in [0.25, 0.3) is 0 Å². The van der Waals surface area contributed by atoms with Gasteiger partial charge in [-0.3, -0.25) is 0 Å². The smallest absolute Gasteiger partial charge is 0.126 e. The fourth-order valence-electron chi connectivity index (χ4n) is 1.75. The van der Waals surface area contributed by atoms with Crippen molar-refractivity contribution in [2.24, 2.45) is 5.92 Å². The van der Waals surface area contributed by atoms with Gasteiger partial charge in [-0.15, -0.1) is 0 Å². The molecule has 0 aliphatic rings. The summed E-state index contributed by atoms with van der Waals surface area (Å²) < 4.78 is 14.4. The lowest BCUT2D eigenvalue weighted by molar-refractivity contribution is -0.00897. The van der Waals surface area contributed by atoms with Crippen LogP contribution in [0.25, 0.3) is 0 Å². The summed E-state index contributed by atoms with van der Waals surface area (Å²) >= 11 is 3.31. The van der Waals surface area contributed by atoms with Gasteiger partial charge < -0.3 is 5.11 Å². The van der Waals surface area contributed by atoms with E-state index < -0.39 is 5.60 Å². The first-order valence-electron chi connectivity index (χ1n) is 5.55. The SMILES string of the molecule is CCC(O)(Cc1cc(Br)ccc1F)C(C)C. The molecule has 0 aliphatic carbocycles. The van der Waals surface area contributed by atoms with Crippen LogP contribution in [0.1, 0.15) is 32.8 Å². The largest absolute Gasteiger partial charge is 0.389 e. The number of aliphatic hydroxyl groups is 1. The molecule has 0 saturated carbocycles. The van der Waals surface area contributed by atoms with Crippen molar-refractivity contribution in [2.75, 3.05) is 0 Å². The Hall–Kier alpha value is -0.410. The maximum Gasteiger partial charge on any atom is 0.126 e. The van der Waals surface area contributed by atoms with Gasteiger partial charge in [-0.2, -0.15) is 0 Å². The summed E-state index contributed by atoms with van der Waals surface area (Å²) in [4.78, 5) is 0. The molecule has 90 valence electrons. The van der Waals surface area contributed by atoms with Crippen LogP contribution in [0.15, 0.2) is 22.7 Å². The quantitative estimate of drug-likeness (QED) is 0.890. The van der Waals surface area contributed by atoms with Crippen molar-refractivity contribution in [3.63, 3.8) is 0 Å². The normalized spacial score (nSPS) is 15.2. The minimum atomic E-state index is -0.832. The molecule has 0 aromatic heterocycles. The van der Waals surface area contributed by atoms with E-state index in [1.807, 2.05) is 20.8 Å². The minimum Gasteiger partial charge on any atom is -0.389 e. The molecule has 0 heterocycles. The van der Waals surface area contributed by atoms with Gasteiger partial charge in [-0.05, 0) is 36.1 Å². The summed E-state index contributed by atoms with van der Waals surface area (Å²) in [6, 6.07) is 4.83. The highest BCUT2D eigenvalue weighted by Gasteiger charge is 2.30. The molecule has 0 saturated heterocycles. The third kappa shape index (κ3) is 3.05. The molecule has 1 aromatic carbocycles. The van der Waals surface area contributed by atoms with Gasteiger partial charge in [0.2, 0.25) is 0 Å². The van der Waals surface area contributed by atoms with Crippen molar-refractivity contribution < 1.29 is 9.50 Å². The van der Waals surface area contributed by atoms with E-state index in [0.29, 0.717) is 18.4 Å². The van der Waals surface area contributed by atoms with Crippen LogP contribution >= 0.6 is 15.9 Å². The molecule has 1 nitrogen and oxygen atoms in total. The number of benzene rings is 1. The molecule has 0 fully saturated rings. The van der Waals surface area contributed by atoms with Crippen molar-refractivity contribution in [1.82, 2.24) is 0 Å². The van der Waals surface area contributed by atoms with E-state index in [1.165, 1.54) is 6.07 Å². The number of hydrogen-bond donors (Lipinski definition) is 1. The standard InChI is InChI=1S/C13H18BrFO/c1-4-13(16,9(2)3)8-10-7-11(14)5-6-12(10)15/h5-7,9,16H,4,8H2,1-3H3. The van der Waals surface area contributed by atoms with E-state index in [-0.39, 0.29) is 11.7 Å². The second-order valence-corrected chi connectivity index (χ2v) is 5.44. The average molecular weight is 289 g/mol. The second kappa shape index (κ2) is 5.28. The Morgan fingerprint density at radius 2 is 2.06 bits per heavy atom. The number of hydrogen-bond acceptors (Lipinski definition) is 1. The highest BCUT2D eigenvalue weighted by Crippen LogP contribution is 2.28. The number of halogens is 2. The highest BCUT2D eigenvalue weighted by atomic mass is 79.9. The average Bonchev–Trinajstić information content (AvgIpc) is 2.23. The zero-order chi connectivity index (χ0) is 12.3. The van der Waals surface area contributed by atoms with Crippen LogP contribution in [0.2, 0.25) is 0 Å². The van der Waals surface area contributed by atoms with E-state index in [2.05, 4.69) is 15.9 Å². The van der Waals surface area contributed by atoms with E-state index >= 15 is 0 Å². The topological polar surface area (TPSA) is 20.2 Å².